The number of fused-ring (bicyclic) bond motifs is 1. The Morgan fingerprint density at radius 3 is 2.89 bits per heavy atom. The molecule has 8 nitrogen and oxygen atoms in total. The molecule has 0 aliphatic rings. The molecule has 2 aromatic heterocycles. The summed E-state index contributed by atoms with van der Waals surface area (Å²) >= 11 is 0. The number of hydrogen-bond acceptors (Lipinski definition) is 6. The molecular formula is C10H15N5O3S. The third-order valence-electron chi connectivity index (χ3n) is 2.57. The molecule has 0 aliphatic carbocycles. The molecule has 0 bridgehead atoms. The topological polar surface area (TPSA) is 109 Å². The first-order valence-electron chi connectivity index (χ1n) is 5.73. The summed E-state index contributed by atoms with van der Waals surface area (Å²) in [7, 11) is -2.94. The number of nitrogens with one attached hydrogen (secondary N) is 2. The maximum atomic E-state index is 11.4. The number of aryl methyl sites for hydroxylation is 1. The number of rotatable bonds is 5. The maximum absolute atomic E-state index is 11.4. The summed E-state index contributed by atoms with van der Waals surface area (Å²) in [6, 6.07) is 1.63. The summed E-state index contributed by atoms with van der Waals surface area (Å²) < 4.78 is 23.3. The van der Waals surface area contributed by atoms with Crippen LogP contribution in [-0.4, -0.2) is 46.6 Å². The van der Waals surface area contributed by atoms with Gasteiger partial charge >= 0.3 is 5.69 Å². The molecule has 0 spiro atoms. The van der Waals surface area contributed by atoms with Gasteiger partial charge in [0.1, 0.15) is 21.5 Å². The molecule has 19 heavy (non-hydrogen) atoms. The van der Waals surface area contributed by atoms with E-state index in [1.807, 2.05) is 0 Å². The molecule has 9 heteroatoms. The predicted molar refractivity (Wildman–Crippen MR) is 71.2 cm³/mol. The van der Waals surface area contributed by atoms with Crippen LogP contribution in [0.15, 0.2) is 10.9 Å². The lowest BCUT2D eigenvalue weighted by Gasteiger charge is -2.06. The van der Waals surface area contributed by atoms with E-state index in [-0.39, 0.29) is 11.4 Å². The van der Waals surface area contributed by atoms with Crippen molar-refractivity contribution in [3.05, 3.63) is 22.4 Å². The molecule has 0 radical (unpaired) electrons. The van der Waals surface area contributed by atoms with Crippen molar-refractivity contribution in [2.75, 3.05) is 23.9 Å². The molecule has 0 saturated carbocycles. The molecular weight excluding hydrogens is 270 g/mol. The highest BCUT2D eigenvalue weighted by atomic mass is 32.2. The van der Waals surface area contributed by atoms with Crippen LogP contribution in [0.3, 0.4) is 0 Å². The van der Waals surface area contributed by atoms with Crippen LogP contribution in [0.4, 0.5) is 5.82 Å². The Labute approximate surface area is 109 Å². The fraction of sp³-hybridized carbons (Fsp3) is 0.500. The fourth-order valence-corrected chi connectivity index (χ4v) is 2.41. The van der Waals surface area contributed by atoms with Crippen LogP contribution in [0.1, 0.15) is 12.2 Å². The van der Waals surface area contributed by atoms with Crippen LogP contribution in [0, 0.1) is 6.92 Å². The van der Waals surface area contributed by atoms with Gasteiger partial charge < -0.3 is 5.32 Å². The Morgan fingerprint density at radius 1 is 1.47 bits per heavy atom. The molecule has 0 aliphatic heterocycles. The first-order chi connectivity index (χ1) is 8.87. The van der Waals surface area contributed by atoms with Crippen molar-refractivity contribution in [1.29, 1.82) is 0 Å². The van der Waals surface area contributed by atoms with E-state index < -0.39 is 9.84 Å². The molecule has 0 atom stereocenters. The molecule has 2 rings (SSSR count). The van der Waals surface area contributed by atoms with Gasteiger partial charge in [0.15, 0.2) is 5.65 Å². The van der Waals surface area contributed by atoms with E-state index in [1.165, 1.54) is 10.7 Å². The Kier molecular flexibility index (Phi) is 3.56. The van der Waals surface area contributed by atoms with Crippen LogP contribution in [0.5, 0.6) is 0 Å². The second-order valence-corrected chi connectivity index (χ2v) is 6.58. The minimum absolute atomic E-state index is 0.128. The van der Waals surface area contributed by atoms with Gasteiger partial charge in [0.05, 0.1) is 5.75 Å². The third-order valence-corrected chi connectivity index (χ3v) is 3.60. The number of aromatic amines is 1. The van der Waals surface area contributed by atoms with Gasteiger partial charge in [0, 0.05) is 18.9 Å². The quantitative estimate of drug-likeness (QED) is 0.722. The van der Waals surface area contributed by atoms with Crippen LogP contribution in [-0.2, 0) is 9.84 Å². The second-order valence-electron chi connectivity index (χ2n) is 4.32. The second kappa shape index (κ2) is 5.00. The van der Waals surface area contributed by atoms with Crippen molar-refractivity contribution in [1.82, 2.24) is 19.6 Å². The first kappa shape index (κ1) is 13.5. The zero-order valence-corrected chi connectivity index (χ0v) is 11.5. The summed E-state index contributed by atoms with van der Waals surface area (Å²) in [5.41, 5.74) is 0.145. The van der Waals surface area contributed by atoms with Crippen LogP contribution >= 0.6 is 0 Å². The van der Waals surface area contributed by atoms with Crippen LogP contribution in [0.2, 0.25) is 0 Å². The number of sulfone groups is 1. The molecule has 2 heterocycles. The molecule has 0 aromatic carbocycles. The largest absolute Gasteiger partial charge is 0.370 e. The average molecular weight is 285 g/mol. The SMILES string of the molecule is Cc1nc(NCCCS(C)(=O)=O)cc2n[nH]c(=O)n12. The lowest BCUT2D eigenvalue weighted by molar-refractivity contribution is 0.600. The van der Waals surface area contributed by atoms with Gasteiger partial charge in [-0.15, -0.1) is 0 Å². The van der Waals surface area contributed by atoms with Gasteiger partial charge in [-0.1, -0.05) is 0 Å². The zero-order valence-electron chi connectivity index (χ0n) is 10.7. The molecule has 104 valence electrons. The standard InChI is InChI=1S/C10H15N5O3S/c1-7-12-8(11-4-3-5-19(2,17)18)6-9-13-14-10(16)15(7)9/h6,11H,3-5H2,1-2H3,(H,14,16). The summed E-state index contributed by atoms with van der Waals surface area (Å²) in [6.07, 6.45) is 1.70. The predicted octanol–water partition coefficient (Wildman–Crippen LogP) is -0.427. The summed E-state index contributed by atoms with van der Waals surface area (Å²) in [5, 5.41) is 9.21. The minimum atomic E-state index is -2.94. The van der Waals surface area contributed by atoms with Crippen molar-refractivity contribution in [2.45, 2.75) is 13.3 Å². The lowest BCUT2D eigenvalue weighted by atomic mass is 10.4. The van der Waals surface area contributed by atoms with E-state index in [9.17, 15) is 13.2 Å². The molecule has 0 amide bonds. The van der Waals surface area contributed by atoms with E-state index in [0.717, 1.165) is 0 Å². The normalized spacial score (nSPS) is 11.9. The number of anilines is 1. The average Bonchev–Trinajstić information content (AvgIpc) is 2.66. The maximum Gasteiger partial charge on any atom is 0.349 e. The van der Waals surface area contributed by atoms with Gasteiger partial charge in [0.2, 0.25) is 0 Å². The summed E-state index contributed by atoms with van der Waals surface area (Å²) in [6.45, 7) is 2.19. The summed E-state index contributed by atoms with van der Waals surface area (Å²) in [4.78, 5) is 15.6. The number of nitrogens with zero attached hydrogens (tertiary/aromatic N) is 3. The smallest absolute Gasteiger partial charge is 0.349 e. The van der Waals surface area contributed by atoms with E-state index >= 15 is 0 Å². The van der Waals surface area contributed by atoms with Crippen LogP contribution < -0.4 is 11.0 Å². The highest BCUT2D eigenvalue weighted by Crippen LogP contribution is 2.07. The Bertz CT molecular complexity index is 746. The molecule has 2 aromatic rings. The van der Waals surface area contributed by atoms with Crippen LogP contribution in [0.25, 0.3) is 5.65 Å². The van der Waals surface area contributed by atoms with Crippen molar-refractivity contribution >= 4 is 21.3 Å². The van der Waals surface area contributed by atoms with E-state index in [0.29, 0.717) is 30.3 Å². The van der Waals surface area contributed by atoms with Crippen molar-refractivity contribution in [3.63, 3.8) is 0 Å². The van der Waals surface area contributed by atoms with Gasteiger partial charge in [-0.05, 0) is 13.3 Å². The molecule has 0 unspecified atom stereocenters. The minimum Gasteiger partial charge on any atom is -0.370 e. The van der Waals surface area contributed by atoms with E-state index in [2.05, 4.69) is 20.5 Å². The van der Waals surface area contributed by atoms with Gasteiger partial charge in [-0.25, -0.2) is 27.7 Å². The lowest BCUT2D eigenvalue weighted by Crippen LogP contribution is -2.15. The zero-order chi connectivity index (χ0) is 14.0. The molecule has 0 saturated heterocycles. The first-order valence-corrected chi connectivity index (χ1v) is 7.79. The Balaban J connectivity index is 2.08. The monoisotopic (exact) mass is 285 g/mol. The van der Waals surface area contributed by atoms with Gasteiger partial charge in [-0.2, -0.15) is 5.10 Å². The van der Waals surface area contributed by atoms with Gasteiger partial charge in [-0.3, -0.25) is 0 Å². The van der Waals surface area contributed by atoms with E-state index in [1.54, 1.807) is 13.0 Å². The van der Waals surface area contributed by atoms with Gasteiger partial charge in [0.25, 0.3) is 0 Å². The van der Waals surface area contributed by atoms with Crippen molar-refractivity contribution in [2.24, 2.45) is 0 Å². The Morgan fingerprint density at radius 2 is 2.21 bits per heavy atom. The number of aromatic nitrogens is 4. The molecule has 2 N–H and O–H groups in total. The van der Waals surface area contributed by atoms with Crippen molar-refractivity contribution in [3.8, 4) is 0 Å². The highest BCUT2D eigenvalue weighted by Gasteiger charge is 2.07. The van der Waals surface area contributed by atoms with Crippen molar-refractivity contribution < 1.29 is 8.42 Å². The number of hydrogen-bond donors (Lipinski definition) is 2. The summed E-state index contributed by atoms with van der Waals surface area (Å²) in [5.74, 6) is 1.21. The fourth-order valence-electron chi connectivity index (χ4n) is 1.74. The molecule has 0 fully saturated rings. The van der Waals surface area contributed by atoms with E-state index in [4.69, 9.17) is 0 Å². The Hall–Kier alpha value is -1.90. The number of H-pyrrole nitrogens is 1. The highest BCUT2D eigenvalue weighted by molar-refractivity contribution is 7.90. The third kappa shape index (κ3) is 3.31.